The summed E-state index contributed by atoms with van der Waals surface area (Å²) in [5, 5.41) is 22.3. The van der Waals surface area contributed by atoms with Gasteiger partial charge in [-0.15, -0.1) is 21.5 Å². The molecule has 0 bridgehead atoms. The fourth-order valence-corrected chi connectivity index (χ4v) is 4.81. The Morgan fingerprint density at radius 1 is 1.11 bits per heavy atom. The second kappa shape index (κ2) is 9.67. The molecule has 1 aromatic carbocycles. The summed E-state index contributed by atoms with van der Waals surface area (Å²) in [6, 6.07) is 14.4. The maximum absolute atomic E-state index is 10.5. The zero-order valence-corrected chi connectivity index (χ0v) is 17.2. The van der Waals surface area contributed by atoms with E-state index < -0.39 is 6.10 Å². The molecule has 2 aromatic heterocycles. The Hall–Kier alpha value is -1.71. The maximum atomic E-state index is 10.5. The van der Waals surface area contributed by atoms with Gasteiger partial charge in [0.1, 0.15) is 5.82 Å². The number of rotatable bonds is 8. The molecule has 1 atom stereocenters. The molecule has 0 aliphatic carbocycles. The Bertz CT molecular complexity index is 848. The maximum Gasteiger partial charge on any atom is 0.195 e. The van der Waals surface area contributed by atoms with Gasteiger partial charge in [-0.25, -0.2) is 0 Å². The molecule has 1 aliphatic rings. The Morgan fingerprint density at radius 3 is 2.68 bits per heavy atom. The van der Waals surface area contributed by atoms with E-state index in [1.165, 1.54) is 4.88 Å². The summed E-state index contributed by atoms with van der Waals surface area (Å²) in [7, 11) is 0. The van der Waals surface area contributed by atoms with E-state index in [0.29, 0.717) is 12.3 Å². The number of para-hydroxylation sites is 1. The smallest absolute Gasteiger partial charge is 0.195 e. The topological polar surface area (TPSA) is 63.4 Å². The molecule has 3 aromatic rings. The number of hydrogen-bond acceptors (Lipinski definition) is 7. The van der Waals surface area contributed by atoms with Crippen molar-refractivity contribution in [2.75, 3.05) is 38.6 Å². The lowest BCUT2D eigenvalue weighted by Gasteiger charge is -2.28. The van der Waals surface area contributed by atoms with Crippen molar-refractivity contribution in [2.24, 2.45) is 0 Å². The first kappa shape index (κ1) is 19.6. The van der Waals surface area contributed by atoms with Crippen LogP contribution >= 0.6 is 23.1 Å². The van der Waals surface area contributed by atoms with Crippen molar-refractivity contribution >= 4 is 23.1 Å². The predicted octanol–water partition coefficient (Wildman–Crippen LogP) is 2.70. The molecule has 1 saturated heterocycles. The number of benzene rings is 1. The fourth-order valence-electron chi connectivity index (χ4n) is 3.22. The van der Waals surface area contributed by atoms with Gasteiger partial charge in [0, 0.05) is 42.4 Å². The number of morpholine rings is 1. The van der Waals surface area contributed by atoms with Gasteiger partial charge in [0.2, 0.25) is 0 Å². The van der Waals surface area contributed by atoms with Crippen molar-refractivity contribution in [3.8, 4) is 5.69 Å². The minimum absolute atomic E-state index is 0.412. The number of aromatic nitrogens is 3. The second-order valence-corrected chi connectivity index (χ2v) is 8.72. The highest BCUT2D eigenvalue weighted by atomic mass is 32.2. The number of β-amino-alcohol motifs (C(OH)–C–C–N with tert-alkyl or cyclic N) is 1. The van der Waals surface area contributed by atoms with Gasteiger partial charge in [-0.2, -0.15) is 0 Å². The third kappa shape index (κ3) is 5.01. The highest BCUT2D eigenvalue weighted by Gasteiger charge is 2.19. The largest absolute Gasteiger partial charge is 0.391 e. The van der Waals surface area contributed by atoms with E-state index in [0.717, 1.165) is 49.4 Å². The molecule has 1 N–H and O–H groups in total. The lowest BCUT2D eigenvalue weighted by atomic mass is 10.3. The SMILES string of the molecule is OC(CSc1nnc(Cc2cccs2)n1-c1ccccc1)CN1CCOCC1. The minimum atomic E-state index is -0.412. The number of thioether (sulfide) groups is 1. The predicted molar refractivity (Wildman–Crippen MR) is 112 cm³/mol. The Labute approximate surface area is 173 Å². The van der Waals surface area contributed by atoms with Crippen molar-refractivity contribution in [1.82, 2.24) is 19.7 Å². The molecule has 0 radical (unpaired) electrons. The molecule has 3 heterocycles. The third-order valence-corrected chi connectivity index (χ3v) is 6.55. The standard InChI is InChI=1S/C20H24N4O2S2/c25-17(14-23-8-10-26-11-9-23)15-28-20-22-21-19(13-18-7-4-12-27-18)24(20)16-5-2-1-3-6-16/h1-7,12,17,25H,8-11,13-15H2. The van der Waals surface area contributed by atoms with Crippen LogP contribution in [0.5, 0.6) is 0 Å². The van der Waals surface area contributed by atoms with E-state index in [-0.39, 0.29) is 0 Å². The monoisotopic (exact) mass is 416 g/mol. The Morgan fingerprint density at radius 2 is 1.93 bits per heavy atom. The van der Waals surface area contributed by atoms with Crippen LogP contribution in [0.1, 0.15) is 10.7 Å². The summed E-state index contributed by atoms with van der Waals surface area (Å²) in [6.07, 6.45) is 0.334. The molecule has 1 unspecified atom stereocenters. The van der Waals surface area contributed by atoms with Crippen LogP contribution in [-0.2, 0) is 11.2 Å². The summed E-state index contributed by atoms with van der Waals surface area (Å²) < 4.78 is 7.47. The van der Waals surface area contributed by atoms with Crippen molar-refractivity contribution in [3.63, 3.8) is 0 Å². The van der Waals surface area contributed by atoms with Gasteiger partial charge in [0.25, 0.3) is 0 Å². The van der Waals surface area contributed by atoms with E-state index >= 15 is 0 Å². The van der Waals surface area contributed by atoms with Crippen LogP contribution in [0.3, 0.4) is 0 Å². The molecule has 4 rings (SSSR count). The average molecular weight is 417 g/mol. The summed E-state index contributed by atoms with van der Waals surface area (Å²) in [5.74, 6) is 1.50. The van der Waals surface area contributed by atoms with E-state index in [2.05, 4.69) is 49.3 Å². The molecule has 6 nitrogen and oxygen atoms in total. The number of ether oxygens (including phenoxy) is 1. The lowest BCUT2D eigenvalue weighted by molar-refractivity contribution is 0.0188. The Kier molecular flexibility index (Phi) is 6.77. The highest BCUT2D eigenvalue weighted by Crippen LogP contribution is 2.25. The molecule has 1 fully saturated rings. The van der Waals surface area contributed by atoms with Gasteiger partial charge in [-0.05, 0) is 23.6 Å². The molecule has 28 heavy (non-hydrogen) atoms. The van der Waals surface area contributed by atoms with Gasteiger partial charge in [-0.3, -0.25) is 9.47 Å². The average Bonchev–Trinajstić information content (AvgIpc) is 3.38. The number of thiophene rings is 1. The molecular weight excluding hydrogens is 392 g/mol. The summed E-state index contributed by atoms with van der Waals surface area (Å²) in [6.45, 7) is 3.92. The van der Waals surface area contributed by atoms with E-state index in [4.69, 9.17) is 4.74 Å². The summed E-state index contributed by atoms with van der Waals surface area (Å²) >= 11 is 3.28. The van der Waals surface area contributed by atoms with E-state index in [1.807, 2.05) is 18.2 Å². The molecule has 1 aliphatic heterocycles. The number of hydrogen-bond donors (Lipinski definition) is 1. The van der Waals surface area contributed by atoms with Crippen LogP contribution in [0.4, 0.5) is 0 Å². The second-order valence-electron chi connectivity index (χ2n) is 6.70. The first-order chi connectivity index (χ1) is 13.8. The number of aliphatic hydroxyl groups excluding tert-OH is 1. The third-order valence-electron chi connectivity index (χ3n) is 4.60. The van der Waals surface area contributed by atoms with Crippen molar-refractivity contribution in [3.05, 3.63) is 58.5 Å². The summed E-state index contributed by atoms with van der Waals surface area (Å²) in [4.78, 5) is 3.51. The van der Waals surface area contributed by atoms with Crippen molar-refractivity contribution < 1.29 is 9.84 Å². The molecule has 0 saturated carbocycles. The fraction of sp³-hybridized carbons (Fsp3) is 0.400. The molecule has 148 valence electrons. The zero-order chi connectivity index (χ0) is 19.2. The van der Waals surface area contributed by atoms with Crippen LogP contribution < -0.4 is 0 Å². The van der Waals surface area contributed by atoms with Crippen LogP contribution in [0.15, 0.2) is 53.0 Å². The van der Waals surface area contributed by atoms with Gasteiger partial charge in [0.05, 0.1) is 19.3 Å². The summed E-state index contributed by atoms with van der Waals surface area (Å²) in [5.41, 5.74) is 1.05. The molecular formula is C20H24N4O2S2. The van der Waals surface area contributed by atoms with Crippen LogP contribution in [-0.4, -0.2) is 69.5 Å². The van der Waals surface area contributed by atoms with E-state index in [1.54, 1.807) is 23.1 Å². The van der Waals surface area contributed by atoms with Gasteiger partial charge >= 0.3 is 0 Å². The Balaban J connectivity index is 1.47. The number of nitrogens with zero attached hydrogens (tertiary/aromatic N) is 4. The molecule has 0 spiro atoms. The van der Waals surface area contributed by atoms with Crippen molar-refractivity contribution in [1.29, 1.82) is 0 Å². The first-order valence-electron chi connectivity index (χ1n) is 9.42. The molecule has 0 amide bonds. The van der Waals surface area contributed by atoms with Crippen molar-refractivity contribution in [2.45, 2.75) is 17.7 Å². The lowest BCUT2D eigenvalue weighted by Crippen LogP contribution is -2.41. The number of aliphatic hydroxyl groups is 1. The minimum Gasteiger partial charge on any atom is -0.391 e. The van der Waals surface area contributed by atoms with Crippen LogP contribution in [0, 0.1) is 0 Å². The van der Waals surface area contributed by atoms with Gasteiger partial charge < -0.3 is 9.84 Å². The first-order valence-corrected chi connectivity index (χ1v) is 11.3. The van der Waals surface area contributed by atoms with Crippen LogP contribution in [0.2, 0.25) is 0 Å². The van der Waals surface area contributed by atoms with Gasteiger partial charge in [0.15, 0.2) is 5.16 Å². The van der Waals surface area contributed by atoms with Gasteiger partial charge in [-0.1, -0.05) is 36.0 Å². The molecule has 8 heteroatoms. The highest BCUT2D eigenvalue weighted by molar-refractivity contribution is 7.99. The normalized spacial score (nSPS) is 16.3. The van der Waals surface area contributed by atoms with Crippen LogP contribution in [0.25, 0.3) is 5.69 Å². The van der Waals surface area contributed by atoms with E-state index in [9.17, 15) is 5.11 Å². The quantitative estimate of drug-likeness (QED) is 0.570. The zero-order valence-electron chi connectivity index (χ0n) is 15.6.